The largest absolute Gasteiger partial charge is 0.507 e. The minimum absolute atomic E-state index is 0.133. The first kappa shape index (κ1) is 21.6. The highest BCUT2D eigenvalue weighted by Crippen LogP contribution is 2.40. The second kappa shape index (κ2) is 9.61. The number of nitrogens with zero attached hydrogens (tertiary/aromatic N) is 1. The molecule has 0 spiro atoms. The maximum Gasteiger partial charge on any atom is 0.295 e. The van der Waals surface area contributed by atoms with E-state index in [9.17, 15) is 14.7 Å². The molecule has 5 heteroatoms. The van der Waals surface area contributed by atoms with E-state index in [1.807, 2.05) is 50.2 Å². The number of amides is 1. The highest BCUT2D eigenvalue weighted by Gasteiger charge is 2.45. The van der Waals surface area contributed by atoms with Crippen LogP contribution in [0.5, 0.6) is 5.75 Å². The van der Waals surface area contributed by atoms with Gasteiger partial charge in [-0.3, -0.25) is 9.59 Å². The van der Waals surface area contributed by atoms with Crippen molar-refractivity contribution in [2.75, 3.05) is 13.2 Å². The number of ketones is 1. The van der Waals surface area contributed by atoms with Gasteiger partial charge in [0, 0.05) is 12.1 Å². The summed E-state index contributed by atoms with van der Waals surface area (Å²) in [6.07, 6.45) is 2.78. The number of likely N-dealkylation sites (tertiary alicyclic amines) is 1. The van der Waals surface area contributed by atoms with Gasteiger partial charge in [-0.15, -0.1) is 0 Å². The molecule has 1 unspecified atom stereocenters. The Hall–Kier alpha value is -3.08. The molecule has 2 aromatic rings. The smallest absolute Gasteiger partial charge is 0.295 e. The minimum atomic E-state index is -0.642. The summed E-state index contributed by atoms with van der Waals surface area (Å²) in [4.78, 5) is 27.5. The van der Waals surface area contributed by atoms with Gasteiger partial charge in [-0.25, -0.2) is 0 Å². The quantitative estimate of drug-likeness (QED) is 0.289. The zero-order valence-corrected chi connectivity index (χ0v) is 17.9. The maximum atomic E-state index is 13.0. The van der Waals surface area contributed by atoms with Gasteiger partial charge in [0.2, 0.25) is 0 Å². The Morgan fingerprint density at radius 2 is 1.80 bits per heavy atom. The molecule has 0 saturated carbocycles. The lowest BCUT2D eigenvalue weighted by Gasteiger charge is -2.25. The van der Waals surface area contributed by atoms with Crippen LogP contribution in [0.25, 0.3) is 5.76 Å². The number of hydrogen-bond donors (Lipinski definition) is 1. The number of benzene rings is 2. The van der Waals surface area contributed by atoms with E-state index in [2.05, 4.69) is 6.92 Å². The predicted molar refractivity (Wildman–Crippen MR) is 117 cm³/mol. The second-order valence-corrected chi connectivity index (χ2v) is 7.57. The molecule has 0 radical (unpaired) electrons. The van der Waals surface area contributed by atoms with Gasteiger partial charge in [-0.2, -0.15) is 0 Å². The van der Waals surface area contributed by atoms with E-state index in [0.717, 1.165) is 30.4 Å². The first-order valence-electron chi connectivity index (χ1n) is 10.6. The molecule has 1 atom stereocenters. The number of carbonyl (C=O) groups excluding carboxylic acids is 2. The van der Waals surface area contributed by atoms with Crippen LogP contribution in [0.3, 0.4) is 0 Å². The number of unbranched alkanes of at least 4 members (excludes halogenated alkanes) is 2. The van der Waals surface area contributed by atoms with Crippen molar-refractivity contribution in [1.82, 2.24) is 4.90 Å². The monoisotopic (exact) mass is 407 g/mol. The van der Waals surface area contributed by atoms with E-state index in [-0.39, 0.29) is 11.3 Å². The van der Waals surface area contributed by atoms with Crippen LogP contribution in [-0.2, 0) is 9.59 Å². The first-order valence-corrected chi connectivity index (χ1v) is 10.6. The fourth-order valence-corrected chi connectivity index (χ4v) is 3.80. The summed E-state index contributed by atoms with van der Waals surface area (Å²) >= 11 is 0. The van der Waals surface area contributed by atoms with E-state index in [1.165, 1.54) is 0 Å². The van der Waals surface area contributed by atoms with Gasteiger partial charge in [-0.05, 0) is 38.0 Å². The molecule has 0 aliphatic carbocycles. The Morgan fingerprint density at radius 1 is 1.07 bits per heavy atom. The van der Waals surface area contributed by atoms with Crippen LogP contribution in [0.1, 0.15) is 55.8 Å². The Bertz CT molecular complexity index is 946. The van der Waals surface area contributed by atoms with Crippen molar-refractivity contribution in [2.24, 2.45) is 0 Å². The molecule has 0 aromatic heterocycles. The summed E-state index contributed by atoms with van der Waals surface area (Å²) in [6.45, 7) is 6.93. The van der Waals surface area contributed by atoms with E-state index >= 15 is 0 Å². The summed E-state index contributed by atoms with van der Waals surface area (Å²) < 4.78 is 5.62. The molecular formula is C25H29NO4. The van der Waals surface area contributed by atoms with E-state index in [4.69, 9.17) is 4.74 Å². The maximum absolute atomic E-state index is 13.0. The SMILES string of the molecule is CCCCCN1C(=O)C(=O)/C(=C(\O)c2ccc(C)cc2)C1c1cccc(OCC)c1. The summed E-state index contributed by atoms with van der Waals surface area (Å²) in [5, 5.41) is 11.0. The first-order chi connectivity index (χ1) is 14.5. The van der Waals surface area contributed by atoms with Crippen LogP contribution in [0, 0.1) is 6.92 Å². The van der Waals surface area contributed by atoms with Crippen LogP contribution in [0.2, 0.25) is 0 Å². The molecule has 3 rings (SSSR count). The van der Waals surface area contributed by atoms with Crippen LogP contribution in [-0.4, -0.2) is 34.8 Å². The van der Waals surface area contributed by atoms with Gasteiger partial charge in [0.15, 0.2) is 0 Å². The fraction of sp³-hybridized carbons (Fsp3) is 0.360. The molecule has 30 heavy (non-hydrogen) atoms. The van der Waals surface area contributed by atoms with Crippen molar-refractivity contribution in [3.05, 3.63) is 70.8 Å². The molecule has 0 bridgehead atoms. The third-order valence-corrected chi connectivity index (χ3v) is 5.35. The second-order valence-electron chi connectivity index (χ2n) is 7.57. The van der Waals surface area contributed by atoms with Crippen LogP contribution in [0.15, 0.2) is 54.1 Å². The lowest BCUT2D eigenvalue weighted by Crippen LogP contribution is -2.30. The number of carbonyl (C=O) groups is 2. The molecule has 2 aromatic carbocycles. The molecule has 5 nitrogen and oxygen atoms in total. The van der Waals surface area contributed by atoms with E-state index < -0.39 is 17.7 Å². The summed E-state index contributed by atoms with van der Waals surface area (Å²) in [5.41, 5.74) is 2.46. The average Bonchev–Trinajstić information content (AvgIpc) is 2.99. The van der Waals surface area contributed by atoms with Crippen LogP contribution >= 0.6 is 0 Å². The number of aliphatic hydroxyl groups excluding tert-OH is 1. The van der Waals surface area contributed by atoms with Gasteiger partial charge >= 0.3 is 0 Å². The molecule has 158 valence electrons. The van der Waals surface area contributed by atoms with Gasteiger partial charge in [0.1, 0.15) is 11.5 Å². The molecule has 1 aliphatic heterocycles. The standard InChI is InChI=1S/C25H29NO4/c1-4-6-7-15-26-22(19-9-8-10-20(16-19)30-5-2)21(24(28)25(26)29)23(27)18-13-11-17(3)12-14-18/h8-14,16,22,27H,4-7,15H2,1-3H3/b23-21-. The molecule has 1 aliphatic rings. The normalized spacial score (nSPS) is 18.1. The van der Waals surface area contributed by atoms with Crippen molar-refractivity contribution in [3.63, 3.8) is 0 Å². The van der Waals surface area contributed by atoms with Crippen LogP contribution < -0.4 is 4.74 Å². The predicted octanol–water partition coefficient (Wildman–Crippen LogP) is 5.01. The number of hydrogen-bond acceptors (Lipinski definition) is 4. The Labute approximate surface area is 178 Å². The Morgan fingerprint density at radius 3 is 2.47 bits per heavy atom. The van der Waals surface area contributed by atoms with Gasteiger partial charge in [0.25, 0.3) is 11.7 Å². The fourth-order valence-electron chi connectivity index (χ4n) is 3.80. The number of Topliss-reactive ketones (excluding diaryl/α,β-unsaturated/α-hetero) is 1. The molecular weight excluding hydrogens is 378 g/mol. The summed E-state index contributed by atoms with van der Waals surface area (Å²) in [5.74, 6) is -0.675. The number of ether oxygens (including phenoxy) is 1. The van der Waals surface area contributed by atoms with Crippen molar-refractivity contribution >= 4 is 17.4 Å². The highest BCUT2D eigenvalue weighted by atomic mass is 16.5. The zero-order valence-electron chi connectivity index (χ0n) is 17.9. The van der Waals surface area contributed by atoms with Crippen molar-refractivity contribution in [1.29, 1.82) is 0 Å². The van der Waals surface area contributed by atoms with Crippen LogP contribution in [0.4, 0.5) is 0 Å². The van der Waals surface area contributed by atoms with Crippen molar-refractivity contribution in [2.45, 2.75) is 46.1 Å². The van der Waals surface area contributed by atoms with Gasteiger partial charge in [0.05, 0.1) is 18.2 Å². The Balaban J connectivity index is 2.11. The number of aliphatic hydroxyl groups is 1. The molecule has 1 saturated heterocycles. The third kappa shape index (κ3) is 4.40. The molecule has 1 amide bonds. The molecule has 1 N–H and O–H groups in total. The topological polar surface area (TPSA) is 66.8 Å². The lowest BCUT2D eigenvalue weighted by atomic mass is 9.95. The van der Waals surface area contributed by atoms with Gasteiger partial charge < -0.3 is 14.7 Å². The van der Waals surface area contributed by atoms with E-state index in [0.29, 0.717) is 24.5 Å². The van der Waals surface area contributed by atoms with Crippen molar-refractivity contribution < 1.29 is 19.4 Å². The lowest BCUT2D eigenvalue weighted by molar-refractivity contribution is -0.139. The zero-order chi connectivity index (χ0) is 21.7. The average molecular weight is 408 g/mol. The number of rotatable bonds is 8. The van der Waals surface area contributed by atoms with Crippen molar-refractivity contribution in [3.8, 4) is 5.75 Å². The third-order valence-electron chi connectivity index (χ3n) is 5.35. The molecule has 1 heterocycles. The molecule has 1 fully saturated rings. The summed E-state index contributed by atoms with van der Waals surface area (Å²) in [7, 11) is 0. The van der Waals surface area contributed by atoms with E-state index in [1.54, 1.807) is 17.0 Å². The Kier molecular flexibility index (Phi) is 6.93. The number of aryl methyl sites for hydroxylation is 1. The minimum Gasteiger partial charge on any atom is -0.507 e. The highest BCUT2D eigenvalue weighted by molar-refractivity contribution is 6.46. The summed E-state index contributed by atoms with van der Waals surface area (Å²) in [6, 6.07) is 14.0. The van der Waals surface area contributed by atoms with Gasteiger partial charge in [-0.1, -0.05) is 61.7 Å².